The number of ether oxygens (including phenoxy) is 3. The molecule has 4 rings (SSSR count). The Morgan fingerprint density at radius 3 is 2.36 bits per heavy atom. The fourth-order valence-electron chi connectivity index (χ4n) is 3.82. The molecule has 1 heterocycles. The summed E-state index contributed by atoms with van der Waals surface area (Å²) in [5.74, 6) is -1.64. The molecule has 3 aromatic rings. The van der Waals surface area contributed by atoms with Crippen LogP contribution in [0.3, 0.4) is 0 Å². The third-order valence-corrected chi connectivity index (χ3v) is 6.09. The first-order chi connectivity index (χ1) is 18.7. The van der Waals surface area contributed by atoms with Gasteiger partial charge < -0.3 is 14.2 Å². The highest BCUT2D eigenvalue weighted by molar-refractivity contribution is 6.39. The molecule has 1 aliphatic rings. The van der Waals surface area contributed by atoms with Crippen molar-refractivity contribution in [2.45, 2.75) is 20.5 Å². The second-order valence-corrected chi connectivity index (χ2v) is 8.94. The van der Waals surface area contributed by atoms with Gasteiger partial charge in [-0.1, -0.05) is 41.4 Å². The number of amides is 4. The molecular formula is C29H25ClN2O7. The molecule has 0 saturated carbocycles. The number of halogens is 1. The van der Waals surface area contributed by atoms with Gasteiger partial charge in [-0.3, -0.25) is 14.9 Å². The normalized spacial score (nSPS) is 14.3. The lowest BCUT2D eigenvalue weighted by Crippen LogP contribution is -2.54. The molecule has 0 unspecified atom stereocenters. The van der Waals surface area contributed by atoms with Crippen molar-refractivity contribution in [2.24, 2.45) is 0 Å². The Morgan fingerprint density at radius 2 is 1.72 bits per heavy atom. The van der Waals surface area contributed by atoms with Gasteiger partial charge >= 0.3 is 12.0 Å². The lowest BCUT2D eigenvalue weighted by molar-refractivity contribution is -0.122. The van der Waals surface area contributed by atoms with Gasteiger partial charge in [-0.05, 0) is 67.4 Å². The van der Waals surface area contributed by atoms with Crippen molar-refractivity contribution >= 4 is 47.2 Å². The molecule has 0 atom stereocenters. The number of carbonyl (C=O) groups is 4. The lowest BCUT2D eigenvalue weighted by Gasteiger charge is -2.26. The quantitative estimate of drug-likeness (QED) is 0.237. The van der Waals surface area contributed by atoms with Crippen LogP contribution in [0.25, 0.3) is 6.08 Å². The molecule has 10 heteroatoms. The molecule has 39 heavy (non-hydrogen) atoms. The first-order valence-electron chi connectivity index (χ1n) is 12.0. The second-order valence-electron chi connectivity index (χ2n) is 8.53. The van der Waals surface area contributed by atoms with E-state index < -0.39 is 23.8 Å². The van der Waals surface area contributed by atoms with Crippen LogP contribution in [-0.2, 0) is 20.9 Å². The van der Waals surface area contributed by atoms with Crippen LogP contribution in [0.4, 0.5) is 10.5 Å². The Bertz CT molecular complexity index is 1460. The summed E-state index contributed by atoms with van der Waals surface area (Å²) in [4.78, 5) is 51.1. The maximum absolute atomic E-state index is 13.3. The molecule has 1 aliphatic heterocycles. The average Bonchev–Trinajstić information content (AvgIpc) is 2.91. The van der Waals surface area contributed by atoms with Crippen molar-refractivity contribution in [3.05, 3.63) is 93.5 Å². The van der Waals surface area contributed by atoms with Crippen LogP contribution < -0.4 is 19.7 Å². The van der Waals surface area contributed by atoms with E-state index in [9.17, 15) is 19.2 Å². The van der Waals surface area contributed by atoms with Crippen LogP contribution in [0.1, 0.15) is 34.0 Å². The van der Waals surface area contributed by atoms with Crippen LogP contribution in [0.2, 0.25) is 5.02 Å². The summed E-state index contributed by atoms with van der Waals surface area (Å²) < 4.78 is 16.3. The van der Waals surface area contributed by atoms with E-state index >= 15 is 0 Å². The summed E-state index contributed by atoms with van der Waals surface area (Å²) in [5.41, 5.74) is 2.57. The number of nitrogens with zero attached hydrogens (tertiary/aromatic N) is 1. The minimum Gasteiger partial charge on any atom is -0.493 e. The van der Waals surface area contributed by atoms with E-state index in [4.69, 9.17) is 25.8 Å². The molecule has 4 amide bonds. The molecule has 0 aliphatic carbocycles. The number of barbiturate groups is 1. The van der Waals surface area contributed by atoms with Crippen LogP contribution in [0.15, 0.2) is 66.2 Å². The van der Waals surface area contributed by atoms with Crippen molar-refractivity contribution < 1.29 is 33.4 Å². The van der Waals surface area contributed by atoms with E-state index in [1.807, 2.05) is 31.2 Å². The van der Waals surface area contributed by atoms with Crippen molar-refractivity contribution in [2.75, 3.05) is 18.6 Å². The maximum atomic E-state index is 13.3. The highest BCUT2D eigenvalue weighted by Gasteiger charge is 2.37. The number of aryl methyl sites for hydroxylation is 1. The number of imide groups is 2. The fourth-order valence-corrected chi connectivity index (χ4v) is 4.10. The number of urea groups is 1. The van der Waals surface area contributed by atoms with Crippen molar-refractivity contribution in [3.63, 3.8) is 0 Å². The third kappa shape index (κ3) is 6.10. The summed E-state index contributed by atoms with van der Waals surface area (Å²) in [6.45, 7) is 4.14. The van der Waals surface area contributed by atoms with E-state index in [2.05, 4.69) is 5.32 Å². The monoisotopic (exact) mass is 548 g/mol. The number of benzene rings is 3. The summed E-state index contributed by atoms with van der Waals surface area (Å²) in [6.07, 6.45) is 1.31. The van der Waals surface area contributed by atoms with Crippen LogP contribution >= 0.6 is 11.6 Å². The average molecular weight is 549 g/mol. The Hall–Kier alpha value is -4.63. The van der Waals surface area contributed by atoms with Gasteiger partial charge in [0.05, 0.1) is 30.0 Å². The first-order valence-corrected chi connectivity index (χ1v) is 12.3. The number of rotatable bonds is 8. The molecule has 1 saturated heterocycles. The van der Waals surface area contributed by atoms with Crippen molar-refractivity contribution in [3.8, 4) is 11.5 Å². The smallest absolute Gasteiger partial charge is 0.338 e. The number of carbonyl (C=O) groups excluding carboxylic acids is 4. The maximum Gasteiger partial charge on any atom is 0.338 e. The Morgan fingerprint density at radius 1 is 1.03 bits per heavy atom. The number of esters is 1. The predicted octanol–water partition coefficient (Wildman–Crippen LogP) is 5.08. The van der Waals surface area contributed by atoms with Gasteiger partial charge in [0.25, 0.3) is 11.8 Å². The zero-order valence-corrected chi connectivity index (χ0v) is 22.2. The lowest BCUT2D eigenvalue weighted by atomic mass is 10.1. The topological polar surface area (TPSA) is 111 Å². The fraction of sp³-hybridized carbons (Fsp3) is 0.172. The zero-order valence-electron chi connectivity index (χ0n) is 21.4. The molecular weight excluding hydrogens is 524 g/mol. The molecule has 0 bridgehead atoms. The third-order valence-electron chi connectivity index (χ3n) is 5.80. The predicted molar refractivity (Wildman–Crippen MR) is 145 cm³/mol. The van der Waals surface area contributed by atoms with E-state index in [0.29, 0.717) is 17.1 Å². The van der Waals surface area contributed by atoms with Gasteiger partial charge in [0.1, 0.15) is 12.2 Å². The van der Waals surface area contributed by atoms with Gasteiger partial charge in [-0.25, -0.2) is 14.5 Å². The number of nitrogens with one attached hydrogen (secondary N) is 1. The Balaban J connectivity index is 1.60. The standard InChI is InChI=1S/C29H25ClN2O7/c1-4-38-28(35)20-9-11-21(12-10-20)32-27(34)22(26(33)31-29(32)36)13-19-14-23(30)25(24(15-19)37-3)39-16-18-7-5-17(2)6-8-18/h5-15H,4,16H2,1-3H3,(H,31,33,36)/b22-13+. The summed E-state index contributed by atoms with van der Waals surface area (Å²) >= 11 is 6.48. The molecule has 1 N–H and O–H groups in total. The number of hydrogen-bond donors (Lipinski definition) is 1. The van der Waals surface area contributed by atoms with E-state index in [-0.39, 0.29) is 35.1 Å². The van der Waals surface area contributed by atoms with E-state index in [1.165, 1.54) is 43.5 Å². The van der Waals surface area contributed by atoms with E-state index in [1.54, 1.807) is 13.0 Å². The molecule has 0 spiro atoms. The highest BCUT2D eigenvalue weighted by atomic mass is 35.5. The molecule has 9 nitrogen and oxygen atoms in total. The molecule has 1 fully saturated rings. The van der Waals surface area contributed by atoms with Gasteiger partial charge in [0.2, 0.25) is 0 Å². The SMILES string of the molecule is CCOC(=O)c1ccc(N2C(=O)NC(=O)/C(=C\c3cc(Cl)c(OCc4ccc(C)cc4)c(OC)c3)C2=O)cc1. The van der Waals surface area contributed by atoms with Crippen molar-refractivity contribution in [1.29, 1.82) is 0 Å². The van der Waals surface area contributed by atoms with Crippen LogP contribution in [-0.4, -0.2) is 37.5 Å². The summed E-state index contributed by atoms with van der Waals surface area (Å²) in [5, 5.41) is 2.37. The number of methoxy groups -OCH3 is 1. The van der Waals surface area contributed by atoms with Gasteiger partial charge in [-0.15, -0.1) is 0 Å². The first kappa shape index (κ1) is 27.4. The molecule has 200 valence electrons. The second kappa shape index (κ2) is 11.8. The minimum atomic E-state index is -0.915. The summed E-state index contributed by atoms with van der Waals surface area (Å²) in [7, 11) is 1.44. The molecule has 3 aromatic carbocycles. The van der Waals surface area contributed by atoms with Gasteiger partial charge in [0.15, 0.2) is 11.5 Å². The van der Waals surface area contributed by atoms with Gasteiger partial charge in [-0.2, -0.15) is 0 Å². The van der Waals surface area contributed by atoms with E-state index in [0.717, 1.165) is 16.0 Å². The molecule has 0 aromatic heterocycles. The number of hydrogen-bond acceptors (Lipinski definition) is 7. The Kier molecular flexibility index (Phi) is 8.31. The Labute approximate surface area is 229 Å². The minimum absolute atomic E-state index is 0.166. The summed E-state index contributed by atoms with van der Waals surface area (Å²) in [6, 6.07) is 15.7. The van der Waals surface area contributed by atoms with Crippen LogP contribution in [0.5, 0.6) is 11.5 Å². The molecule has 0 radical (unpaired) electrons. The largest absolute Gasteiger partial charge is 0.493 e. The van der Waals surface area contributed by atoms with Crippen molar-refractivity contribution in [1.82, 2.24) is 5.32 Å². The van der Waals surface area contributed by atoms with Crippen LogP contribution in [0, 0.1) is 6.92 Å². The highest BCUT2D eigenvalue weighted by Crippen LogP contribution is 2.38. The zero-order chi connectivity index (χ0) is 28.1. The number of anilines is 1. The van der Waals surface area contributed by atoms with Gasteiger partial charge in [0, 0.05) is 0 Å².